The highest BCUT2D eigenvalue weighted by Gasteiger charge is 2.20. The topological polar surface area (TPSA) is 59.0 Å². The molecule has 0 unspecified atom stereocenters. The molecule has 0 spiro atoms. The van der Waals surface area contributed by atoms with Crippen LogP contribution in [0.15, 0.2) is 60.7 Å². The van der Waals surface area contributed by atoms with Crippen molar-refractivity contribution in [3.63, 3.8) is 0 Å². The maximum Gasteiger partial charge on any atom is 0.303 e. The first-order chi connectivity index (χ1) is 16.5. The van der Waals surface area contributed by atoms with Crippen molar-refractivity contribution < 1.29 is 28.2 Å². The molecule has 0 saturated carbocycles. The zero-order chi connectivity index (χ0) is 23.9. The standard InChI is InChI=1S/C27H27F2NO4/c28-24-16-21(17-25(29)23(24)11-12-27(31)32)34-18-19-6-4-10-26-22(19)9-5-13-30(26)14-15-33-20-7-2-1-3-8-20/h1-4,6-8,10,16-17H,5,9,11-15,18H2,(H,31,32). The molecule has 0 saturated heterocycles. The van der Waals surface area contributed by atoms with E-state index in [1.165, 1.54) is 5.56 Å². The first kappa shape index (κ1) is 23.5. The largest absolute Gasteiger partial charge is 0.492 e. The average Bonchev–Trinajstić information content (AvgIpc) is 2.83. The smallest absolute Gasteiger partial charge is 0.303 e. The number of rotatable bonds is 10. The molecule has 7 heteroatoms. The Morgan fingerprint density at radius 1 is 0.971 bits per heavy atom. The number of para-hydroxylation sites is 1. The van der Waals surface area contributed by atoms with Gasteiger partial charge in [-0.15, -0.1) is 0 Å². The Morgan fingerprint density at radius 2 is 1.74 bits per heavy atom. The van der Waals surface area contributed by atoms with Gasteiger partial charge in [0.05, 0.1) is 6.54 Å². The van der Waals surface area contributed by atoms with Gasteiger partial charge in [-0.2, -0.15) is 0 Å². The van der Waals surface area contributed by atoms with Gasteiger partial charge >= 0.3 is 5.97 Å². The number of aliphatic carboxylic acids is 1. The van der Waals surface area contributed by atoms with Gasteiger partial charge in [-0.05, 0) is 48.6 Å². The van der Waals surface area contributed by atoms with Crippen LogP contribution in [0.5, 0.6) is 11.5 Å². The Balaban J connectivity index is 1.41. The van der Waals surface area contributed by atoms with E-state index in [9.17, 15) is 13.6 Å². The molecule has 1 heterocycles. The second-order valence-electron chi connectivity index (χ2n) is 8.21. The van der Waals surface area contributed by atoms with E-state index >= 15 is 0 Å². The number of nitrogens with zero attached hydrogens (tertiary/aromatic N) is 1. The van der Waals surface area contributed by atoms with Crippen LogP contribution in [0.4, 0.5) is 14.5 Å². The fourth-order valence-electron chi connectivity index (χ4n) is 4.23. The van der Waals surface area contributed by atoms with Gasteiger partial charge in [0.25, 0.3) is 0 Å². The third-order valence-electron chi connectivity index (χ3n) is 5.91. The molecule has 1 N–H and O–H groups in total. The maximum atomic E-state index is 14.3. The third kappa shape index (κ3) is 5.84. The predicted octanol–water partition coefficient (Wildman–Crippen LogP) is 5.39. The SMILES string of the molecule is O=C(O)CCc1c(F)cc(OCc2cccc3c2CCCN3CCOc2ccccc2)cc1F. The number of fused-ring (bicyclic) bond motifs is 1. The fourth-order valence-corrected chi connectivity index (χ4v) is 4.23. The van der Waals surface area contributed by atoms with Gasteiger partial charge in [0, 0.05) is 36.3 Å². The summed E-state index contributed by atoms with van der Waals surface area (Å²) in [6.07, 6.45) is 1.36. The Morgan fingerprint density at radius 3 is 2.47 bits per heavy atom. The van der Waals surface area contributed by atoms with Crippen molar-refractivity contribution >= 4 is 11.7 Å². The molecule has 34 heavy (non-hydrogen) atoms. The quantitative estimate of drug-likeness (QED) is 0.433. The number of carbonyl (C=O) groups is 1. The number of hydrogen-bond acceptors (Lipinski definition) is 4. The second-order valence-corrected chi connectivity index (χ2v) is 8.21. The number of hydrogen-bond donors (Lipinski definition) is 1. The molecule has 0 radical (unpaired) electrons. The molecule has 0 aliphatic carbocycles. The molecule has 3 aromatic rings. The third-order valence-corrected chi connectivity index (χ3v) is 5.91. The van der Waals surface area contributed by atoms with Gasteiger partial charge in [0.15, 0.2) is 0 Å². The van der Waals surface area contributed by atoms with Crippen LogP contribution in [0.2, 0.25) is 0 Å². The van der Waals surface area contributed by atoms with Crippen LogP contribution in [-0.2, 0) is 24.2 Å². The van der Waals surface area contributed by atoms with Crippen LogP contribution in [0.25, 0.3) is 0 Å². The summed E-state index contributed by atoms with van der Waals surface area (Å²) in [6, 6.07) is 17.9. The molecule has 1 aliphatic rings. The summed E-state index contributed by atoms with van der Waals surface area (Å²) in [7, 11) is 0. The summed E-state index contributed by atoms with van der Waals surface area (Å²) in [4.78, 5) is 13.0. The minimum Gasteiger partial charge on any atom is -0.492 e. The number of carboxylic acid groups (broad SMARTS) is 1. The van der Waals surface area contributed by atoms with Gasteiger partial charge in [-0.1, -0.05) is 30.3 Å². The van der Waals surface area contributed by atoms with Crippen LogP contribution in [0, 0.1) is 11.6 Å². The van der Waals surface area contributed by atoms with Gasteiger partial charge < -0.3 is 19.5 Å². The van der Waals surface area contributed by atoms with E-state index < -0.39 is 17.6 Å². The lowest BCUT2D eigenvalue weighted by Crippen LogP contribution is -2.33. The number of halogens is 2. The molecule has 0 bridgehead atoms. The lowest BCUT2D eigenvalue weighted by molar-refractivity contribution is -0.136. The molecular formula is C27H27F2NO4. The zero-order valence-electron chi connectivity index (χ0n) is 18.8. The molecule has 4 rings (SSSR count). The molecule has 0 amide bonds. The summed E-state index contributed by atoms with van der Waals surface area (Å²) in [6.45, 7) is 2.44. The van der Waals surface area contributed by atoms with Gasteiger partial charge in [-0.3, -0.25) is 4.79 Å². The minimum absolute atomic E-state index is 0.0793. The predicted molar refractivity (Wildman–Crippen MR) is 126 cm³/mol. The van der Waals surface area contributed by atoms with Crippen LogP contribution in [0.3, 0.4) is 0 Å². The first-order valence-corrected chi connectivity index (χ1v) is 11.4. The Bertz CT molecular complexity index is 1110. The monoisotopic (exact) mass is 467 g/mol. The zero-order valence-corrected chi connectivity index (χ0v) is 18.8. The number of carboxylic acids is 1. The Kier molecular flexibility index (Phi) is 7.62. The van der Waals surface area contributed by atoms with E-state index in [4.69, 9.17) is 14.6 Å². The van der Waals surface area contributed by atoms with Gasteiger partial charge in [-0.25, -0.2) is 8.78 Å². The number of ether oxygens (including phenoxy) is 2. The Hall–Kier alpha value is -3.61. The summed E-state index contributed by atoms with van der Waals surface area (Å²) in [5.41, 5.74) is 3.04. The van der Waals surface area contributed by atoms with Crippen LogP contribution in [-0.4, -0.2) is 30.8 Å². The highest BCUT2D eigenvalue weighted by molar-refractivity contribution is 5.67. The van der Waals surface area contributed by atoms with Gasteiger partial charge in [0.1, 0.15) is 36.3 Å². The average molecular weight is 468 g/mol. The van der Waals surface area contributed by atoms with E-state index in [1.54, 1.807) is 0 Å². The normalized spacial score (nSPS) is 12.8. The molecule has 5 nitrogen and oxygen atoms in total. The summed E-state index contributed by atoms with van der Waals surface area (Å²) in [5, 5.41) is 8.76. The van der Waals surface area contributed by atoms with Crippen LogP contribution < -0.4 is 14.4 Å². The summed E-state index contributed by atoms with van der Waals surface area (Å²) in [5.74, 6) is -1.77. The van der Waals surface area contributed by atoms with E-state index in [2.05, 4.69) is 11.0 Å². The van der Waals surface area contributed by atoms with Crippen LogP contribution in [0.1, 0.15) is 29.5 Å². The van der Waals surface area contributed by atoms with Crippen molar-refractivity contribution in [3.8, 4) is 11.5 Å². The van der Waals surface area contributed by atoms with E-state index in [-0.39, 0.29) is 30.8 Å². The second kappa shape index (κ2) is 11.0. The van der Waals surface area contributed by atoms with Crippen LogP contribution >= 0.6 is 0 Å². The van der Waals surface area contributed by atoms with Crippen molar-refractivity contribution in [3.05, 3.63) is 89.0 Å². The summed E-state index contributed by atoms with van der Waals surface area (Å²) < 4.78 is 40.2. The van der Waals surface area contributed by atoms with Crippen molar-refractivity contribution in [1.82, 2.24) is 0 Å². The van der Waals surface area contributed by atoms with Crippen molar-refractivity contribution in [2.75, 3.05) is 24.6 Å². The number of benzene rings is 3. The van der Waals surface area contributed by atoms with E-state index in [1.807, 2.05) is 42.5 Å². The van der Waals surface area contributed by atoms with Crippen molar-refractivity contribution in [2.45, 2.75) is 32.3 Å². The van der Waals surface area contributed by atoms with Crippen molar-refractivity contribution in [2.24, 2.45) is 0 Å². The molecule has 1 aliphatic heterocycles. The molecule has 0 fully saturated rings. The molecule has 0 aromatic heterocycles. The molecular weight excluding hydrogens is 440 g/mol. The van der Waals surface area contributed by atoms with E-state index in [0.29, 0.717) is 6.61 Å². The highest BCUT2D eigenvalue weighted by atomic mass is 19.1. The number of anilines is 1. The lowest BCUT2D eigenvalue weighted by atomic mass is 9.96. The minimum atomic E-state index is -1.10. The molecule has 178 valence electrons. The maximum absolute atomic E-state index is 14.3. The van der Waals surface area contributed by atoms with Crippen molar-refractivity contribution in [1.29, 1.82) is 0 Å². The van der Waals surface area contributed by atoms with E-state index in [0.717, 1.165) is 55.1 Å². The lowest BCUT2D eigenvalue weighted by Gasteiger charge is -2.32. The molecule has 0 atom stereocenters. The molecule has 3 aromatic carbocycles. The first-order valence-electron chi connectivity index (χ1n) is 11.4. The Labute approximate surface area is 197 Å². The fraction of sp³-hybridized carbons (Fsp3) is 0.296. The summed E-state index contributed by atoms with van der Waals surface area (Å²) >= 11 is 0. The highest BCUT2D eigenvalue weighted by Crippen LogP contribution is 2.31. The van der Waals surface area contributed by atoms with Gasteiger partial charge in [0.2, 0.25) is 0 Å².